The molecule has 0 saturated carbocycles. The Hall–Kier alpha value is -0.950. The first-order valence-corrected chi connectivity index (χ1v) is 7.16. The average Bonchev–Trinajstić information content (AvgIpc) is 2.64. The molecule has 1 unspecified atom stereocenters. The average molecular weight is 244 g/mol. The van der Waals surface area contributed by atoms with Gasteiger partial charge in [-0.1, -0.05) is 13.8 Å². The van der Waals surface area contributed by atoms with Gasteiger partial charge in [-0.2, -0.15) is 5.10 Å². The predicted molar refractivity (Wildman–Crippen MR) is 59.9 cm³/mol. The van der Waals surface area contributed by atoms with E-state index < -0.39 is 9.84 Å². The molecular weight excluding hydrogens is 228 g/mol. The minimum Gasteiger partial charge on any atom is -0.305 e. The molecule has 1 aliphatic rings. The van der Waals surface area contributed by atoms with Crippen molar-refractivity contribution in [2.24, 2.45) is 0 Å². The monoisotopic (exact) mass is 244 g/mol. The van der Waals surface area contributed by atoms with Crippen molar-refractivity contribution in [1.29, 1.82) is 0 Å². The Bertz CT molecular complexity index is 466. The lowest BCUT2D eigenvalue weighted by Gasteiger charge is -2.21. The van der Waals surface area contributed by atoms with Crippen LogP contribution in [0.3, 0.4) is 0 Å². The molecule has 6 nitrogen and oxygen atoms in total. The molecular formula is C9H16N4O2S. The molecule has 16 heavy (non-hydrogen) atoms. The van der Waals surface area contributed by atoms with Crippen molar-refractivity contribution in [1.82, 2.24) is 20.5 Å². The van der Waals surface area contributed by atoms with Crippen molar-refractivity contribution < 1.29 is 8.42 Å². The zero-order valence-corrected chi connectivity index (χ0v) is 10.2. The normalized spacial score (nSPS) is 24.8. The van der Waals surface area contributed by atoms with Gasteiger partial charge in [0.05, 0.1) is 17.5 Å². The van der Waals surface area contributed by atoms with E-state index >= 15 is 0 Å². The largest absolute Gasteiger partial charge is 0.305 e. The van der Waals surface area contributed by atoms with Gasteiger partial charge in [0.25, 0.3) is 0 Å². The molecule has 1 fully saturated rings. The van der Waals surface area contributed by atoms with Gasteiger partial charge in [0.1, 0.15) is 5.82 Å². The Labute approximate surface area is 94.8 Å². The number of nitrogens with zero attached hydrogens (tertiary/aromatic N) is 2. The molecule has 0 aromatic carbocycles. The van der Waals surface area contributed by atoms with Gasteiger partial charge in [0.2, 0.25) is 0 Å². The van der Waals surface area contributed by atoms with E-state index in [4.69, 9.17) is 0 Å². The van der Waals surface area contributed by atoms with Crippen LogP contribution in [0.15, 0.2) is 0 Å². The van der Waals surface area contributed by atoms with Crippen molar-refractivity contribution in [3.05, 3.63) is 11.6 Å². The Morgan fingerprint density at radius 2 is 2.19 bits per heavy atom. The zero-order valence-electron chi connectivity index (χ0n) is 9.40. The van der Waals surface area contributed by atoms with Crippen LogP contribution in [0.25, 0.3) is 0 Å². The number of hydrogen-bond acceptors (Lipinski definition) is 5. The van der Waals surface area contributed by atoms with E-state index in [0.29, 0.717) is 12.4 Å². The molecule has 0 radical (unpaired) electrons. The molecule has 2 rings (SSSR count). The molecule has 1 atom stereocenters. The quantitative estimate of drug-likeness (QED) is 0.764. The first kappa shape index (κ1) is 11.5. The first-order valence-electron chi connectivity index (χ1n) is 5.34. The maximum Gasteiger partial charge on any atom is 0.153 e. The summed E-state index contributed by atoms with van der Waals surface area (Å²) in [6, 6.07) is -0.251. The fourth-order valence-corrected chi connectivity index (χ4v) is 3.04. The van der Waals surface area contributed by atoms with Crippen LogP contribution in [0.1, 0.15) is 37.5 Å². The lowest BCUT2D eigenvalue weighted by atomic mass is 10.2. The van der Waals surface area contributed by atoms with Crippen LogP contribution in [0.4, 0.5) is 0 Å². The second-order valence-corrected chi connectivity index (χ2v) is 6.58. The van der Waals surface area contributed by atoms with Gasteiger partial charge in [-0.05, 0) is 0 Å². The molecule has 1 aromatic rings. The second-order valence-electron chi connectivity index (χ2n) is 4.35. The van der Waals surface area contributed by atoms with E-state index in [1.54, 1.807) is 0 Å². The van der Waals surface area contributed by atoms with Gasteiger partial charge < -0.3 is 5.32 Å². The van der Waals surface area contributed by atoms with Crippen LogP contribution < -0.4 is 5.32 Å². The highest BCUT2D eigenvalue weighted by Crippen LogP contribution is 2.17. The highest BCUT2D eigenvalue weighted by molar-refractivity contribution is 7.91. The lowest BCUT2D eigenvalue weighted by Crippen LogP contribution is -2.39. The molecule has 2 N–H and O–H groups in total. The third-order valence-corrected chi connectivity index (χ3v) is 4.26. The molecule has 0 spiro atoms. The highest BCUT2D eigenvalue weighted by atomic mass is 32.2. The number of sulfone groups is 1. The highest BCUT2D eigenvalue weighted by Gasteiger charge is 2.27. The summed E-state index contributed by atoms with van der Waals surface area (Å²) in [4.78, 5) is 4.31. The molecule has 0 amide bonds. The summed E-state index contributed by atoms with van der Waals surface area (Å²) in [5.74, 6) is 1.88. The van der Waals surface area contributed by atoms with Gasteiger partial charge in [-0.3, -0.25) is 5.10 Å². The maximum absolute atomic E-state index is 11.5. The molecule has 2 heterocycles. The second kappa shape index (κ2) is 4.14. The smallest absolute Gasteiger partial charge is 0.153 e. The summed E-state index contributed by atoms with van der Waals surface area (Å²) >= 11 is 0. The molecule has 90 valence electrons. The van der Waals surface area contributed by atoms with Crippen LogP contribution in [0.2, 0.25) is 0 Å². The summed E-state index contributed by atoms with van der Waals surface area (Å²) in [5.41, 5.74) is 0. The van der Waals surface area contributed by atoms with Crippen molar-refractivity contribution in [3.8, 4) is 0 Å². The van der Waals surface area contributed by atoms with Crippen LogP contribution in [-0.4, -0.2) is 41.6 Å². The van der Waals surface area contributed by atoms with E-state index in [-0.39, 0.29) is 23.5 Å². The summed E-state index contributed by atoms with van der Waals surface area (Å²) in [6.45, 7) is 4.47. The lowest BCUT2D eigenvalue weighted by molar-refractivity contribution is 0.516. The fraction of sp³-hybridized carbons (Fsp3) is 0.778. The minimum atomic E-state index is -2.94. The van der Waals surface area contributed by atoms with E-state index in [2.05, 4.69) is 20.5 Å². The molecule has 1 saturated heterocycles. The summed E-state index contributed by atoms with van der Waals surface area (Å²) in [5, 5.41) is 10.0. The SMILES string of the molecule is CC(C)c1n[nH]c(C2CS(=O)(=O)CCN2)n1. The number of hydrogen-bond donors (Lipinski definition) is 2. The number of H-pyrrole nitrogens is 1. The Morgan fingerprint density at radius 1 is 1.44 bits per heavy atom. The predicted octanol–water partition coefficient (Wildman–Crippen LogP) is -0.0128. The van der Waals surface area contributed by atoms with Crippen LogP contribution in [0, 0.1) is 0 Å². The van der Waals surface area contributed by atoms with Crippen molar-refractivity contribution in [3.63, 3.8) is 0 Å². The van der Waals surface area contributed by atoms with E-state index in [1.165, 1.54) is 0 Å². The van der Waals surface area contributed by atoms with Crippen molar-refractivity contribution >= 4 is 9.84 Å². The van der Waals surface area contributed by atoms with E-state index in [1.807, 2.05) is 13.8 Å². The fourth-order valence-electron chi connectivity index (χ4n) is 1.66. The van der Waals surface area contributed by atoms with Crippen LogP contribution in [-0.2, 0) is 9.84 Å². The summed E-state index contributed by atoms with van der Waals surface area (Å²) < 4.78 is 22.9. The van der Waals surface area contributed by atoms with Crippen molar-refractivity contribution in [2.75, 3.05) is 18.1 Å². The molecule has 0 aliphatic carbocycles. The van der Waals surface area contributed by atoms with Gasteiger partial charge in [0, 0.05) is 12.5 Å². The third-order valence-electron chi connectivity index (χ3n) is 2.59. The first-order chi connectivity index (χ1) is 7.48. The Morgan fingerprint density at radius 3 is 2.75 bits per heavy atom. The van der Waals surface area contributed by atoms with Crippen LogP contribution >= 0.6 is 0 Å². The van der Waals surface area contributed by atoms with E-state index in [9.17, 15) is 8.42 Å². The standard InChI is InChI=1S/C9H16N4O2S/c1-6(2)8-11-9(13-12-8)7-5-16(14,15)4-3-10-7/h6-7,10H,3-5H2,1-2H3,(H,11,12,13). The van der Waals surface area contributed by atoms with Crippen LogP contribution in [0.5, 0.6) is 0 Å². The van der Waals surface area contributed by atoms with Gasteiger partial charge in [-0.15, -0.1) is 0 Å². The number of nitrogens with one attached hydrogen (secondary N) is 2. The number of rotatable bonds is 2. The summed E-state index contributed by atoms with van der Waals surface area (Å²) in [6.07, 6.45) is 0. The topological polar surface area (TPSA) is 87.7 Å². The number of aromatic amines is 1. The van der Waals surface area contributed by atoms with Gasteiger partial charge >= 0.3 is 0 Å². The molecule has 7 heteroatoms. The minimum absolute atomic E-state index is 0.0970. The van der Waals surface area contributed by atoms with E-state index in [0.717, 1.165) is 5.82 Å². The van der Waals surface area contributed by atoms with Gasteiger partial charge in [0.15, 0.2) is 15.7 Å². The molecule has 1 aliphatic heterocycles. The van der Waals surface area contributed by atoms with Crippen molar-refractivity contribution in [2.45, 2.75) is 25.8 Å². The maximum atomic E-state index is 11.5. The Kier molecular flexibility index (Phi) is 2.98. The zero-order chi connectivity index (χ0) is 11.8. The Balaban J connectivity index is 2.17. The van der Waals surface area contributed by atoms with Gasteiger partial charge in [-0.25, -0.2) is 13.4 Å². The molecule has 1 aromatic heterocycles. The third kappa shape index (κ3) is 2.41. The summed E-state index contributed by atoms with van der Waals surface area (Å²) in [7, 11) is -2.94. The molecule has 0 bridgehead atoms. The number of aromatic nitrogens is 3.